The second-order valence-electron chi connectivity index (χ2n) is 6.01. The van der Waals surface area contributed by atoms with Crippen LogP contribution in [0.3, 0.4) is 0 Å². The van der Waals surface area contributed by atoms with Crippen molar-refractivity contribution >= 4 is 17.5 Å². The molecule has 1 atom stereocenters. The van der Waals surface area contributed by atoms with Crippen LogP contribution in [-0.4, -0.2) is 28.1 Å². The average Bonchev–Trinajstić information content (AvgIpc) is 2.52. The van der Waals surface area contributed by atoms with Gasteiger partial charge in [0.1, 0.15) is 0 Å². The third-order valence-corrected chi connectivity index (χ3v) is 4.65. The summed E-state index contributed by atoms with van der Waals surface area (Å²) in [5, 5.41) is 13.0. The number of pyridine rings is 1. The van der Waals surface area contributed by atoms with Crippen molar-refractivity contribution in [2.75, 3.05) is 0 Å². The van der Waals surface area contributed by atoms with Gasteiger partial charge < -0.3 is 10.4 Å². The van der Waals surface area contributed by atoms with Crippen molar-refractivity contribution in [3.05, 3.63) is 64.9 Å². The number of halogens is 1. The summed E-state index contributed by atoms with van der Waals surface area (Å²) in [4.78, 5) is 16.4. The van der Waals surface area contributed by atoms with Crippen LogP contribution in [0.2, 0.25) is 5.02 Å². The van der Waals surface area contributed by atoms with Gasteiger partial charge in [-0.15, -0.1) is 0 Å². The van der Waals surface area contributed by atoms with Gasteiger partial charge in [0, 0.05) is 18.4 Å². The monoisotopic (exact) mass is 330 g/mol. The van der Waals surface area contributed by atoms with Gasteiger partial charge in [0.25, 0.3) is 5.91 Å². The first-order chi connectivity index (χ1) is 11.1. The number of rotatable bonds is 5. The minimum atomic E-state index is -0.250. The summed E-state index contributed by atoms with van der Waals surface area (Å²) in [6, 6.07) is 11.7. The molecule has 0 aliphatic heterocycles. The number of aromatic nitrogens is 1. The van der Waals surface area contributed by atoms with Gasteiger partial charge in [-0.05, 0) is 36.8 Å². The predicted molar refractivity (Wildman–Crippen MR) is 89.4 cm³/mol. The Kier molecular flexibility index (Phi) is 4.94. The highest BCUT2D eigenvalue weighted by atomic mass is 35.5. The van der Waals surface area contributed by atoms with Crippen LogP contribution in [0.4, 0.5) is 0 Å². The van der Waals surface area contributed by atoms with E-state index in [4.69, 9.17) is 11.6 Å². The first kappa shape index (κ1) is 16.0. The summed E-state index contributed by atoms with van der Waals surface area (Å²) >= 11 is 6.05. The molecule has 0 spiro atoms. The number of aliphatic hydroxyl groups excluding tert-OH is 1. The molecule has 0 unspecified atom stereocenters. The van der Waals surface area contributed by atoms with E-state index in [1.807, 2.05) is 30.3 Å². The van der Waals surface area contributed by atoms with E-state index in [0.29, 0.717) is 10.6 Å². The van der Waals surface area contributed by atoms with E-state index >= 15 is 0 Å². The molecule has 1 saturated carbocycles. The third kappa shape index (κ3) is 3.89. The topological polar surface area (TPSA) is 62.2 Å². The average molecular weight is 331 g/mol. The molecule has 4 nitrogen and oxygen atoms in total. The lowest BCUT2D eigenvalue weighted by molar-refractivity contribution is 0.0239. The maximum absolute atomic E-state index is 12.5. The zero-order valence-corrected chi connectivity index (χ0v) is 13.4. The Morgan fingerprint density at radius 1 is 1.30 bits per heavy atom. The van der Waals surface area contributed by atoms with Crippen molar-refractivity contribution in [1.29, 1.82) is 0 Å². The Balaban J connectivity index is 1.73. The summed E-state index contributed by atoms with van der Waals surface area (Å²) in [6.45, 7) is 0. The van der Waals surface area contributed by atoms with Crippen LogP contribution in [0.5, 0.6) is 0 Å². The summed E-state index contributed by atoms with van der Waals surface area (Å²) in [5.74, 6) is 0.0921. The van der Waals surface area contributed by atoms with Gasteiger partial charge in [-0.25, -0.2) is 0 Å². The molecule has 1 aromatic heterocycles. The van der Waals surface area contributed by atoms with Gasteiger partial charge in [-0.1, -0.05) is 41.9 Å². The van der Waals surface area contributed by atoms with Crippen LogP contribution >= 0.6 is 11.6 Å². The smallest absolute Gasteiger partial charge is 0.253 e. The van der Waals surface area contributed by atoms with Crippen LogP contribution in [0.1, 0.15) is 28.8 Å². The van der Waals surface area contributed by atoms with Gasteiger partial charge in [0.05, 0.1) is 16.7 Å². The Hall–Kier alpha value is -1.91. The lowest BCUT2D eigenvalue weighted by atomic mass is 9.75. The number of amides is 1. The summed E-state index contributed by atoms with van der Waals surface area (Å²) < 4.78 is 0. The molecule has 1 aliphatic rings. The maximum atomic E-state index is 12.5. The second kappa shape index (κ2) is 7.11. The molecule has 2 aromatic rings. The highest BCUT2D eigenvalue weighted by Crippen LogP contribution is 2.32. The second-order valence-corrected chi connectivity index (χ2v) is 6.42. The number of hydrogen-bond donors (Lipinski definition) is 2. The molecule has 120 valence electrons. The Morgan fingerprint density at radius 3 is 2.70 bits per heavy atom. The fourth-order valence-corrected chi connectivity index (χ4v) is 3.17. The fourth-order valence-electron chi connectivity index (χ4n) is 2.97. The SMILES string of the molecule is O=C(N[C@H](Cc1ccccc1)C1CC(O)C1)c1ccncc1Cl. The lowest BCUT2D eigenvalue weighted by Gasteiger charge is -2.38. The molecule has 23 heavy (non-hydrogen) atoms. The van der Waals surface area contributed by atoms with Crippen molar-refractivity contribution in [2.45, 2.75) is 31.4 Å². The number of nitrogens with zero attached hydrogens (tertiary/aromatic N) is 1. The molecular formula is C18H19ClN2O2. The first-order valence-electron chi connectivity index (χ1n) is 7.76. The van der Waals surface area contributed by atoms with E-state index in [2.05, 4.69) is 10.3 Å². The van der Waals surface area contributed by atoms with Crippen molar-refractivity contribution in [3.8, 4) is 0 Å². The maximum Gasteiger partial charge on any atom is 0.253 e. The normalized spacial score (nSPS) is 21.3. The van der Waals surface area contributed by atoms with Crippen LogP contribution in [0.15, 0.2) is 48.8 Å². The molecule has 1 fully saturated rings. The minimum absolute atomic E-state index is 0.0162. The Morgan fingerprint density at radius 2 is 2.04 bits per heavy atom. The molecule has 0 saturated heterocycles. The summed E-state index contributed by atoms with van der Waals surface area (Å²) in [6.07, 6.45) is 4.96. The van der Waals surface area contributed by atoms with E-state index in [1.54, 1.807) is 12.3 Å². The van der Waals surface area contributed by atoms with E-state index in [-0.39, 0.29) is 24.0 Å². The number of carbonyl (C=O) groups is 1. The zero-order chi connectivity index (χ0) is 16.2. The molecule has 0 radical (unpaired) electrons. The molecule has 3 rings (SSSR count). The van der Waals surface area contributed by atoms with Crippen molar-refractivity contribution in [1.82, 2.24) is 10.3 Å². The van der Waals surface area contributed by atoms with Gasteiger partial charge in [-0.3, -0.25) is 9.78 Å². The van der Waals surface area contributed by atoms with Crippen molar-refractivity contribution in [3.63, 3.8) is 0 Å². The van der Waals surface area contributed by atoms with Crippen LogP contribution < -0.4 is 5.32 Å². The number of benzene rings is 1. The van der Waals surface area contributed by atoms with Crippen LogP contribution in [0.25, 0.3) is 0 Å². The molecule has 1 amide bonds. The van der Waals surface area contributed by atoms with Crippen LogP contribution in [-0.2, 0) is 6.42 Å². The molecule has 2 N–H and O–H groups in total. The van der Waals surface area contributed by atoms with E-state index in [0.717, 1.165) is 19.3 Å². The molecular weight excluding hydrogens is 312 g/mol. The number of aliphatic hydroxyl groups is 1. The largest absolute Gasteiger partial charge is 0.393 e. The summed E-state index contributed by atoms with van der Waals surface area (Å²) in [5.41, 5.74) is 1.60. The van der Waals surface area contributed by atoms with Crippen molar-refractivity contribution in [2.24, 2.45) is 5.92 Å². The fraction of sp³-hybridized carbons (Fsp3) is 0.333. The molecule has 0 bridgehead atoms. The number of carbonyl (C=O) groups excluding carboxylic acids is 1. The van der Waals surface area contributed by atoms with Crippen LogP contribution in [0, 0.1) is 5.92 Å². The van der Waals surface area contributed by atoms with Gasteiger partial charge in [-0.2, -0.15) is 0 Å². The molecule has 1 aromatic carbocycles. The van der Waals surface area contributed by atoms with Gasteiger partial charge >= 0.3 is 0 Å². The first-order valence-corrected chi connectivity index (χ1v) is 8.13. The molecule has 1 heterocycles. The molecule has 1 aliphatic carbocycles. The number of nitrogens with one attached hydrogen (secondary N) is 1. The Bertz CT molecular complexity index is 672. The quantitative estimate of drug-likeness (QED) is 0.886. The third-order valence-electron chi connectivity index (χ3n) is 4.35. The van der Waals surface area contributed by atoms with E-state index in [1.165, 1.54) is 11.8 Å². The van der Waals surface area contributed by atoms with E-state index in [9.17, 15) is 9.90 Å². The lowest BCUT2D eigenvalue weighted by Crippen LogP contribution is -2.48. The summed E-state index contributed by atoms with van der Waals surface area (Å²) in [7, 11) is 0. The predicted octanol–water partition coefficient (Wildman–Crippen LogP) is 2.85. The van der Waals surface area contributed by atoms with E-state index < -0.39 is 0 Å². The highest BCUT2D eigenvalue weighted by Gasteiger charge is 2.35. The zero-order valence-electron chi connectivity index (χ0n) is 12.7. The van der Waals surface area contributed by atoms with Crippen molar-refractivity contribution < 1.29 is 9.90 Å². The van der Waals surface area contributed by atoms with Gasteiger partial charge in [0.15, 0.2) is 0 Å². The Labute approximate surface area is 140 Å². The van der Waals surface area contributed by atoms with Gasteiger partial charge in [0.2, 0.25) is 0 Å². The standard InChI is InChI=1S/C18H19ClN2O2/c19-16-11-20-7-6-15(16)18(23)21-17(13-9-14(22)10-13)8-12-4-2-1-3-5-12/h1-7,11,13-14,17,22H,8-10H2,(H,21,23)/t13?,14?,17-/m1/s1. The highest BCUT2D eigenvalue weighted by molar-refractivity contribution is 6.33. The minimum Gasteiger partial charge on any atom is -0.393 e. The number of hydrogen-bond acceptors (Lipinski definition) is 3. The molecule has 5 heteroatoms.